The number of aromatic nitrogens is 2. The molecule has 2 aromatic rings. The van der Waals surface area contributed by atoms with Gasteiger partial charge in [-0.3, -0.25) is 10.00 Å². The van der Waals surface area contributed by atoms with Crippen molar-refractivity contribution in [1.29, 1.82) is 0 Å². The maximum atomic E-state index is 10.9. The van der Waals surface area contributed by atoms with Gasteiger partial charge >= 0.3 is 5.97 Å². The van der Waals surface area contributed by atoms with E-state index in [1.807, 2.05) is 26.2 Å². The van der Waals surface area contributed by atoms with E-state index in [9.17, 15) is 4.79 Å². The molecule has 0 bridgehead atoms. The van der Waals surface area contributed by atoms with Gasteiger partial charge in [0, 0.05) is 24.3 Å². The molecule has 0 unspecified atom stereocenters. The molecule has 0 fully saturated rings. The van der Waals surface area contributed by atoms with E-state index in [2.05, 4.69) is 15.1 Å². The number of carboxylic acids is 1. The molecule has 0 aliphatic rings. The number of nitrogens with zero attached hydrogens (tertiary/aromatic N) is 2. The fraction of sp³-hybridized carbons (Fsp3) is 0.286. The van der Waals surface area contributed by atoms with E-state index in [1.165, 1.54) is 0 Å². The molecule has 19 heavy (non-hydrogen) atoms. The molecule has 0 atom stereocenters. The van der Waals surface area contributed by atoms with Gasteiger partial charge in [0.05, 0.1) is 11.8 Å². The first kappa shape index (κ1) is 13.3. The monoisotopic (exact) mass is 259 g/mol. The molecule has 0 amide bonds. The Bertz CT molecular complexity index is 578. The van der Waals surface area contributed by atoms with E-state index in [1.54, 1.807) is 18.2 Å². The van der Waals surface area contributed by atoms with Crippen molar-refractivity contribution >= 4 is 5.97 Å². The van der Waals surface area contributed by atoms with Crippen LogP contribution in [0, 0.1) is 6.92 Å². The van der Waals surface area contributed by atoms with E-state index >= 15 is 0 Å². The zero-order valence-electron chi connectivity index (χ0n) is 11.1. The highest BCUT2D eigenvalue weighted by Gasteiger charge is 2.07. The number of H-pyrrole nitrogens is 1. The number of benzene rings is 1. The molecule has 100 valence electrons. The molecule has 0 aliphatic heterocycles. The van der Waals surface area contributed by atoms with Gasteiger partial charge in [0.1, 0.15) is 0 Å². The van der Waals surface area contributed by atoms with Gasteiger partial charge in [0.2, 0.25) is 0 Å². The predicted molar refractivity (Wildman–Crippen MR) is 71.9 cm³/mol. The molecule has 2 rings (SSSR count). The molecule has 5 heteroatoms. The summed E-state index contributed by atoms with van der Waals surface area (Å²) in [5, 5.41) is 15.9. The fourth-order valence-electron chi connectivity index (χ4n) is 2.00. The van der Waals surface area contributed by atoms with Crippen molar-refractivity contribution in [2.75, 3.05) is 7.05 Å². The van der Waals surface area contributed by atoms with E-state index in [4.69, 9.17) is 5.11 Å². The van der Waals surface area contributed by atoms with Crippen LogP contribution in [0.2, 0.25) is 0 Å². The van der Waals surface area contributed by atoms with Crippen molar-refractivity contribution < 1.29 is 9.90 Å². The van der Waals surface area contributed by atoms with Gasteiger partial charge in [0.25, 0.3) is 0 Å². The normalized spacial score (nSPS) is 10.9. The smallest absolute Gasteiger partial charge is 0.335 e. The van der Waals surface area contributed by atoms with Crippen molar-refractivity contribution in [2.24, 2.45) is 0 Å². The summed E-state index contributed by atoms with van der Waals surface area (Å²) in [6.45, 7) is 3.46. The van der Waals surface area contributed by atoms with Crippen LogP contribution in [0.1, 0.15) is 27.2 Å². The summed E-state index contributed by atoms with van der Waals surface area (Å²) < 4.78 is 0. The molecule has 0 saturated carbocycles. The van der Waals surface area contributed by atoms with Crippen LogP contribution in [0.15, 0.2) is 30.5 Å². The number of aryl methyl sites for hydroxylation is 1. The number of hydrogen-bond acceptors (Lipinski definition) is 3. The summed E-state index contributed by atoms with van der Waals surface area (Å²) in [7, 11) is 2.00. The van der Waals surface area contributed by atoms with Crippen molar-refractivity contribution in [3.05, 3.63) is 52.8 Å². The third kappa shape index (κ3) is 3.42. The van der Waals surface area contributed by atoms with Crippen LogP contribution in [0.25, 0.3) is 0 Å². The quantitative estimate of drug-likeness (QED) is 0.862. The zero-order valence-corrected chi connectivity index (χ0v) is 11.1. The summed E-state index contributed by atoms with van der Waals surface area (Å²) in [5.74, 6) is -0.893. The van der Waals surface area contributed by atoms with E-state index < -0.39 is 5.97 Å². The van der Waals surface area contributed by atoms with E-state index in [0.717, 1.165) is 23.4 Å². The van der Waals surface area contributed by atoms with Gasteiger partial charge in [0.15, 0.2) is 0 Å². The number of carbonyl (C=O) groups is 1. The van der Waals surface area contributed by atoms with Crippen molar-refractivity contribution in [2.45, 2.75) is 20.0 Å². The van der Waals surface area contributed by atoms with Crippen LogP contribution in [0.3, 0.4) is 0 Å². The standard InChI is InChI=1S/C14H17N3O2/c1-10-13(7-15-16-10)9-17(2)8-11-4-3-5-12(6-11)14(18)19/h3-7H,8-9H2,1-2H3,(H,15,16)(H,18,19). The van der Waals surface area contributed by atoms with Crippen LogP contribution < -0.4 is 0 Å². The average molecular weight is 259 g/mol. The van der Waals surface area contributed by atoms with Gasteiger partial charge in [-0.15, -0.1) is 0 Å². The second-order valence-electron chi connectivity index (χ2n) is 4.70. The Hall–Kier alpha value is -2.14. The summed E-state index contributed by atoms with van der Waals surface area (Å²) >= 11 is 0. The molecular weight excluding hydrogens is 242 g/mol. The third-order valence-electron chi connectivity index (χ3n) is 3.00. The zero-order chi connectivity index (χ0) is 13.8. The molecule has 1 heterocycles. The first-order valence-corrected chi connectivity index (χ1v) is 6.06. The second-order valence-corrected chi connectivity index (χ2v) is 4.70. The van der Waals surface area contributed by atoms with Crippen LogP contribution in [-0.2, 0) is 13.1 Å². The number of aromatic carboxylic acids is 1. The minimum absolute atomic E-state index is 0.324. The number of nitrogens with one attached hydrogen (secondary N) is 1. The summed E-state index contributed by atoms with van der Waals surface area (Å²) in [6, 6.07) is 7.02. The minimum atomic E-state index is -0.893. The number of hydrogen-bond donors (Lipinski definition) is 2. The SMILES string of the molecule is Cc1[nH]ncc1CN(C)Cc1cccc(C(=O)O)c1. The highest BCUT2D eigenvalue weighted by Crippen LogP contribution is 2.11. The third-order valence-corrected chi connectivity index (χ3v) is 3.00. The maximum absolute atomic E-state index is 10.9. The fourth-order valence-corrected chi connectivity index (χ4v) is 2.00. The van der Waals surface area contributed by atoms with E-state index in [-0.39, 0.29) is 0 Å². The summed E-state index contributed by atoms with van der Waals surface area (Å²) in [5.41, 5.74) is 3.52. The second kappa shape index (κ2) is 5.67. The molecule has 0 saturated heterocycles. The highest BCUT2D eigenvalue weighted by atomic mass is 16.4. The molecule has 2 N–H and O–H groups in total. The predicted octanol–water partition coefficient (Wildman–Crippen LogP) is 2.05. The largest absolute Gasteiger partial charge is 0.478 e. The molecule has 1 aromatic heterocycles. The topological polar surface area (TPSA) is 69.2 Å². The Morgan fingerprint density at radius 2 is 2.21 bits per heavy atom. The van der Waals surface area contributed by atoms with E-state index in [0.29, 0.717) is 12.1 Å². The molecular formula is C14H17N3O2. The van der Waals surface area contributed by atoms with Crippen LogP contribution >= 0.6 is 0 Å². The lowest BCUT2D eigenvalue weighted by atomic mass is 10.1. The van der Waals surface area contributed by atoms with Gasteiger partial charge in [-0.1, -0.05) is 12.1 Å². The molecule has 0 spiro atoms. The first-order valence-electron chi connectivity index (χ1n) is 6.06. The van der Waals surface area contributed by atoms with Gasteiger partial charge in [-0.2, -0.15) is 5.10 Å². The number of carboxylic acid groups (broad SMARTS) is 1. The molecule has 0 aliphatic carbocycles. The van der Waals surface area contributed by atoms with Crippen molar-refractivity contribution in [3.8, 4) is 0 Å². The molecule has 0 radical (unpaired) electrons. The molecule has 5 nitrogen and oxygen atoms in total. The van der Waals surface area contributed by atoms with Crippen LogP contribution in [0.4, 0.5) is 0 Å². The van der Waals surface area contributed by atoms with Gasteiger partial charge in [-0.25, -0.2) is 4.79 Å². The van der Waals surface area contributed by atoms with Crippen molar-refractivity contribution in [1.82, 2.24) is 15.1 Å². The minimum Gasteiger partial charge on any atom is -0.478 e. The molecule has 1 aromatic carbocycles. The lowest BCUT2D eigenvalue weighted by molar-refractivity contribution is 0.0696. The summed E-state index contributed by atoms with van der Waals surface area (Å²) in [4.78, 5) is 13.0. The Labute approximate surface area is 111 Å². The van der Waals surface area contributed by atoms with Crippen LogP contribution in [0.5, 0.6) is 0 Å². The highest BCUT2D eigenvalue weighted by molar-refractivity contribution is 5.87. The first-order chi connectivity index (χ1) is 9.06. The van der Waals surface area contributed by atoms with Crippen molar-refractivity contribution in [3.63, 3.8) is 0 Å². The average Bonchev–Trinajstić information content (AvgIpc) is 2.75. The van der Waals surface area contributed by atoms with Crippen LogP contribution in [-0.4, -0.2) is 33.2 Å². The lowest BCUT2D eigenvalue weighted by Gasteiger charge is -2.16. The Kier molecular flexibility index (Phi) is 3.97. The Balaban J connectivity index is 2.02. The lowest BCUT2D eigenvalue weighted by Crippen LogP contribution is -2.17. The van der Waals surface area contributed by atoms with Gasteiger partial charge < -0.3 is 5.11 Å². The Morgan fingerprint density at radius 3 is 2.84 bits per heavy atom. The Morgan fingerprint density at radius 1 is 1.42 bits per heavy atom. The van der Waals surface area contributed by atoms with Gasteiger partial charge in [-0.05, 0) is 31.7 Å². The maximum Gasteiger partial charge on any atom is 0.335 e. The number of aromatic amines is 1. The summed E-state index contributed by atoms with van der Waals surface area (Å²) in [6.07, 6.45) is 1.82. The number of rotatable bonds is 5.